The lowest BCUT2D eigenvalue weighted by molar-refractivity contribution is -0.870. The number of rotatable bonds is 48. The number of hydrogen-bond acceptors (Lipinski definition) is 6. The summed E-state index contributed by atoms with van der Waals surface area (Å²) in [4.78, 5) is 23.0. The highest BCUT2D eigenvalue weighted by Crippen LogP contribution is 2.43. The number of nitrogens with zero attached hydrogens (tertiary/aromatic N) is 1. The van der Waals surface area contributed by atoms with Crippen molar-refractivity contribution >= 4 is 13.8 Å². The third-order valence-corrected chi connectivity index (χ3v) is 12.1. The van der Waals surface area contributed by atoms with Gasteiger partial charge in [0.15, 0.2) is 0 Å². The second kappa shape index (κ2) is 46.0. The fourth-order valence-electron chi connectivity index (χ4n) is 7.08. The smallest absolute Gasteiger partial charge is 0.457 e. The van der Waals surface area contributed by atoms with Crippen molar-refractivity contribution < 1.29 is 37.3 Å². The maximum atomic E-state index is 12.7. The average Bonchev–Trinajstić information content (AvgIpc) is 3.23. The normalized spacial score (nSPS) is 14.0. The summed E-state index contributed by atoms with van der Waals surface area (Å²) in [5.41, 5.74) is 0. The number of ether oxygens (including phenoxy) is 2. The third-order valence-electron chi connectivity index (χ3n) is 11.1. The summed E-state index contributed by atoms with van der Waals surface area (Å²) in [7, 11) is 1.66. The molecule has 0 aromatic rings. The fraction of sp³-hybridized carbons (Fsp3) is 0.830. The number of allylic oxidation sites excluding steroid dienone is 8. The predicted octanol–water partition coefficient (Wildman–Crippen LogP) is 15.9. The maximum Gasteiger partial charge on any atom is 0.472 e. The molecule has 1 N–H and O–H groups in total. The molecule has 0 fully saturated rings. The van der Waals surface area contributed by atoms with Crippen LogP contribution in [0.3, 0.4) is 0 Å². The van der Waals surface area contributed by atoms with Crippen molar-refractivity contribution in [3.8, 4) is 0 Å². The summed E-state index contributed by atoms with van der Waals surface area (Å²) in [6.07, 6.45) is 57.3. The van der Waals surface area contributed by atoms with E-state index in [0.717, 1.165) is 57.8 Å². The van der Waals surface area contributed by atoms with E-state index in [2.05, 4.69) is 62.5 Å². The summed E-state index contributed by atoms with van der Waals surface area (Å²) in [6.45, 7) is 5.60. The molecule has 0 bridgehead atoms. The highest BCUT2D eigenvalue weighted by molar-refractivity contribution is 7.47. The van der Waals surface area contributed by atoms with Crippen molar-refractivity contribution in [3.05, 3.63) is 48.6 Å². The lowest BCUT2D eigenvalue weighted by atomic mass is 10.1. The summed E-state index contributed by atoms with van der Waals surface area (Å²) in [5.74, 6) is -0.323. The number of hydrogen-bond donors (Lipinski definition) is 1. The van der Waals surface area contributed by atoms with Gasteiger partial charge in [-0.3, -0.25) is 13.8 Å². The molecule has 0 saturated heterocycles. The molecule has 0 aromatic heterocycles. The minimum atomic E-state index is -4.28. The zero-order chi connectivity index (χ0) is 45.5. The Morgan fingerprint density at radius 1 is 0.500 bits per heavy atom. The summed E-state index contributed by atoms with van der Waals surface area (Å²) in [5, 5.41) is 0. The Bertz CT molecular complexity index is 1130. The number of esters is 1. The van der Waals surface area contributed by atoms with Gasteiger partial charge in [-0.1, -0.05) is 191 Å². The third kappa shape index (κ3) is 49.5. The Kier molecular flexibility index (Phi) is 44.9. The van der Waals surface area contributed by atoms with Crippen LogP contribution >= 0.6 is 7.82 Å². The predicted molar refractivity (Wildman–Crippen MR) is 266 cm³/mol. The first kappa shape index (κ1) is 60.5. The number of carbonyl (C=O) groups is 1. The molecule has 0 radical (unpaired) electrons. The van der Waals surface area contributed by atoms with Gasteiger partial charge in [0.1, 0.15) is 19.3 Å². The van der Waals surface area contributed by atoms with Crippen molar-refractivity contribution in [2.45, 2.75) is 232 Å². The Balaban J connectivity index is 4.14. The van der Waals surface area contributed by atoms with E-state index in [9.17, 15) is 14.3 Å². The minimum absolute atomic E-state index is 0.0850. The molecule has 0 spiro atoms. The van der Waals surface area contributed by atoms with Gasteiger partial charge in [-0.2, -0.15) is 0 Å². The van der Waals surface area contributed by atoms with E-state index >= 15 is 0 Å². The highest BCUT2D eigenvalue weighted by atomic mass is 31.2. The van der Waals surface area contributed by atoms with Gasteiger partial charge >= 0.3 is 13.8 Å². The number of carbonyl (C=O) groups excluding carboxylic acids is 1. The number of phosphoric acid groups is 1. The van der Waals surface area contributed by atoms with E-state index in [1.165, 1.54) is 148 Å². The molecule has 0 heterocycles. The van der Waals surface area contributed by atoms with E-state index < -0.39 is 13.9 Å². The van der Waals surface area contributed by atoms with Gasteiger partial charge in [0.05, 0.1) is 34.4 Å². The van der Waals surface area contributed by atoms with Crippen molar-refractivity contribution in [3.63, 3.8) is 0 Å². The molecule has 0 aliphatic heterocycles. The van der Waals surface area contributed by atoms with Crippen LogP contribution < -0.4 is 0 Å². The van der Waals surface area contributed by atoms with E-state index in [4.69, 9.17) is 18.5 Å². The van der Waals surface area contributed by atoms with Crippen LogP contribution in [-0.2, 0) is 27.9 Å². The molecule has 0 aliphatic rings. The quantitative estimate of drug-likeness (QED) is 0.0214. The molecule has 0 aliphatic carbocycles. The fourth-order valence-corrected chi connectivity index (χ4v) is 7.83. The zero-order valence-corrected chi connectivity index (χ0v) is 42.3. The van der Waals surface area contributed by atoms with Gasteiger partial charge in [0.25, 0.3) is 0 Å². The number of unbranched alkanes of at least 4 members (excludes halogenated alkanes) is 26. The Morgan fingerprint density at radius 3 is 1.34 bits per heavy atom. The zero-order valence-electron chi connectivity index (χ0n) is 41.4. The van der Waals surface area contributed by atoms with Gasteiger partial charge < -0.3 is 18.9 Å². The van der Waals surface area contributed by atoms with Gasteiger partial charge in [0.2, 0.25) is 0 Å². The summed E-state index contributed by atoms with van der Waals surface area (Å²) < 4.78 is 35.1. The van der Waals surface area contributed by atoms with Gasteiger partial charge in [-0.05, 0) is 77.0 Å². The van der Waals surface area contributed by atoms with E-state index in [1.807, 2.05) is 21.1 Å². The molecular weight excluding hydrogens is 794 g/mol. The highest BCUT2D eigenvalue weighted by Gasteiger charge is 2.26. The van der Waals surface area contributed by atoms with Crippen LogP contribution in [0.5, 0.6) is 0 Å². The second-order valence-electron chi connectivity index (χ2n) is 18.5. The molecule has 2 unspecified atom stereocenters. The first-order valence-corrected chi connectivity index (χ1v) is 27.4. The van der Waals surface area contributed by atoms with Gasteiger partial charge in [-0.25, -0.2) is 4.57 Å². The molecule has 8 nitrogen and oxygen atoms in total. The van der Waals surface area contributed by atoms with Crippen molar-refractivity contribution in [1.82, 2.24) is 0 Å². The van der Waals surface area contributed by atoms with E-state index in [0.29, 0.717) is 24.1 Å². The first-order valence-electron chi connectivity index (χ1n) is 25.9. The van der Waals surface area contributed by atoms with E-state index in [1.54, 1.807) is 0 Å². The Labute approximate surface area is 384 Å². The van der Waals surface area contributed by atoms with Gasteiger partial charge in [-0.15, -0.1) is 0 Å². The first-order chi connectivity index (χ1) is 30.1. The number of likely N-dealkylation sites (N-methyl/N-ethyl adjacent to an activating group) is 1. The average molecular weight is 895 g/mol. The maximum absolute atomic E-state index is 12.7. The molecule has 364 valence electrons. The minimum Gasteiger partial charge on any atom is -0.457 e. The van der Waals surface area contributed by atoms with Crippen molar-refractivity contribution in [2.75, 3.05) is 54.1 Å². The topological polar surface area (TPSA) is 91.3 Å². The second-order valence-corrected chi connectivity index (χ2v) is 20.0. The van der Waals surface area contributed by atoms with Crippen molar-refractivity contribution in [2.24, 2.45) is 0 Å². The standard InChI is InChI=1S/C53H100NO7P/c1-6-8-10-12-14-16-18-20-22-24-25-26-27-28-29-30-31-33-35-37-39-41-43-45-48-58-50-52(51-60-62(56,57)59-49-47-54(3,4)5)61-53(55)46-44-42-40-38-36-34-32-23-21-19-17-15-13-11-9-7-2/h18,20,23-25,27-28,32,52H,6-17,19,21-22,26,29-31,33-51H2,1-5H3/p+1/b20-18-,25-24-,28-27-,32-23-. The molecule has 9 heteroatoms. The van der Waals surface area contributed by atoms with Crippen molar-refractivity contribution in [1.29, 1.82) is 0 Å². The van der Waals surface area contributed by atoms with Crippen LogP contribution in [-0.4, -0.2) is 75.6 Å². The number of phosphoric ester groups is 1. The van der Waals surface area contributed by atoms with Crippen LogP contribution in [0.4, 0.5) is 0 Å². The Morgan fingerprint density at radius 2 is 0.887 bits per heavy atom. The lowest BCUT2D eigenvalue weighted by Crippen LogP contribution is -2.37. The molecule has 0 saturated carbocycles. The largest absolute Gasteiger partial charge is 0.472 e. The van der Waals surface area contributed by atoms with Crippen LogP contribution in [0.1, 0.15) is 226 Å². The lowest BCUT2D eigenvalue weighted by Gasteiger charge is -2.24. The molecule has 62 heavy (non-hydrogen) atoms. The monoisotopic (exact) mass is 895 g/mol. The Hall–Kier alpha value is -1.54. The summed E-state index contributed by atoms with van der Waals surface area (Å²) in [6, 6.07) is 0. The molecule has 0 rings (SSSR count). The molecule has 0 amide bonds. The van der Waals surface area contributed by atoms with Gasteiger partial charge in [0, 0.05) is 13.0 Å². The summed E-state index contributed by atoms with van der Waals surface area (Å²) >= 11 is 0. The molecule has 0 aromatic carbocycles. The van der Waals surface area contributed by atoms with Crippen LogP contribution in [0.15, 0.2) is 48.6 Å². The van der Waals surface area contributed by atoms with Crippen LogP contribution in [0.25, 0.3) is 0 Å². The SMILES string of the molecule is CCCCCCC/C=C\C/C=C\C/C=C\CCCCCCCCCCCOCC(COP(=O)(O)OCC[N+](C)(C)C)OC(=O)CCCCCCC/C=C\CCCCCCCCC. The number of quaternary nitrogens is 1. The van der Waals surface area contributed by atoms with Crippen LogP contribution in [0.2, 0.25) is 0 Å². The van der Waals surface area contributed by atoms with Crippen LogP contribution in [0, 0.1) is 0 Å². The molecule has 2 atom stereocenters. The van der Waals surface area contributed by atoms with E-state index in [-0.39, 0.29) is 25.8 Å². The molecular formula is C53H101NO7P+.